The number of benzene rings is 2. The van der Waals surface area contributed by atoms with Gasteiger partial charge in [-0.3, -0.25) is 14.4 Å². The van der Waals surface area contributed by atoms with Crippen molar-refractivity contribution in [3.63, 3.8) is 0 Å². The Bertz CT molecular complexity index is 994. The number of halogens is 2. The fourth-order valence-electron chi connectivity index (χ4n) is 5.37. The number of carbonyl (C=O) groups excluding carboxylic acids is 3. The number of nitrogens with zero attached hydrogens (tertiary/aromatic N) is 2. The Morgan fingerprint density at radius 2 is 1.37 bits per heavy atom. The number of amides is 3. The molecule has 1 heterocycles. The molecule has 0 spiro atoms. The van der Waals surface area contributed by atoms with Crippen LogP contribution in [0.2, 0.25) is 10.0 Å². The molecule has 1 saturated heterocycles. The summed E-state index contributed by atoms with van der Waals surface area (Å²) in [5, 5.41) is 3.49. The van der Waals surface area contributed by atoms with Crippen molar-refractivity contribution in [2.75, 3.05) is 0 Å². The second-order valence-corrected chi connectivity index (χ2v) is 9.24. The van der Waals surface area contributed by atoms with Crippen LogP contribution in [-0.2, 0) is 16.1 Å². The van der Waals surface area contributed by atoms with Gasteiger partial charge in [0.2, 0.25) is 0 Å². The largest absolute Gasteiger partial charge is 0.273 e. The monoisotopic (exact) mass is 442 g/mol. The molecule has 1 aliphatic heterocycles. The molecule has 2 aromatic rings. The molecule has 2 aromatic carbocycles. The number of hydrazine groups is 1. The Morgan fingerprint density at radius 1 is 0.867 bits per heavy atom. The highest BCUT2D eigenvalue weighted by molar-refractivity contribution is 6.30. The molecule has 4 atom stereocenters. The first-order chi connectivity index (χ1) is 14.4. The Morgan fingerprint density at radius 3 is 1.90 bits per heavy atom. The molecule has 5 rings (SSSR count). The molecule has 0 N–H and O–H groups in total. The molecule has 3 fully saturated rings. The fraction of sp³-hybridized carbons (Fsp3) is 0.348. The van der Waals surface area contributed by atoms with Crippen molar-refractivity contribution in [2.24, 2.45) is 23.7 Å². The molecule has 0 unspecified atom stereocenters. The molecule has 2 aliphatic carbocycles. The third kappa shape index (κ3) is 3.12. The van der Waals surface area contributed by atoms with Gasteiger partial charge in [0.15, 0.2) is 0 Å². The van der Waals surface area contributed by atoms with Crippen LogP contribution in [0.1, 0.15) is 35.2 Å². The summed E-state index contributed by atoms with van der Waals surface area (Å²) in [7, 11) is 0. The van der Waals surface area contributed by atoms with Crippen LogP contribution in [-0.4, -0.2) is 27.7 Å². The molecule has 5 nitrogen and oxygen atoms in total. The number of hydrogen-bond donors (Lipinski definition) is 0. The van der Waals surface area contributed by atoms with E-state index >= 15 is 0 Å². The zero-order chi connectivity index (χ0) is 21.0. The summed E-state index contributed by atoms with van der Waals surface area (Å²) in [6, 6.07) is 13.5. The van der Waals surface area contributed by atoms with Crippen molar-refractivity contribution in [3.8, 4) is 0 Å². The summed E-state index contributed by atoms with van der Waals surface area (Å²) >= 11 is 11.9. The number of rotatable bonds is 4. The molecule has 2 bridgehead atoms. The van der Waals surface area contributed by atoms with Crippen LogP contribution in [0.4, 0.5) is 0 Å². The molecule has 0 aromatic heterocycles. The summed E-state index contributed by atoms with van der Waals surface area (Å²) in [4.78, 5) is 40.1. The van der Waals surface area contributed by atoms with E-state index in [1.807, 2.05) is 0 Å². The first-order valence-corrected chi connectivity index (χ1v) is 10.9. The van der Waals surface area contributed by atoms with Crippen molar-refractivity contribution >= 4 is 40.9 Å². The Labute approximate surface area is 184 Å². The Hall–Kier alpha value is -2.37. The maximum absolute atomic E-state index is 13.4. The lowest BCUT2D eigenvalue weighted by Gasteiger charge is -2.31. The van der Waals surface area contributed by atoms with E-state index in [4.69, 9.17) is 23.2 Å². The number of imide groups is 1. The van der Waals surface area contributed by atoms with Crippen LogP contribution in [0.3, 0.4) is 0 Å². The maximum atomic E-state index is 13.4. The topological polar surface area (TPSA) is 57.7 Å². The minimum Gasteiger partial charge on any atom is -0.272 e. The van der Waals surface area contributed by atoms with E-state index in [-0.39, 0.29) is 42.0 Å². The van der Waals surface area contributed by atoms with Crippen molar-refractivity contribution in [2.45, 2.75) is 25.8 Å². The van der Waals surface area contributed by atoms with Crippen LogP contribution in [0.25, 0.3) is 0 Å². The lowest BCUT2D eigenvalue weighted by Crippen LogP contribution is -2.50. The van der Waals surface area contributed by atoms with Gasteiger partial charge in [-0.2, -0.15) is 5.01 Å². The highest BCUT2D eigenvalue weighted by Gasteiger charge is 2.62. The van der Waals surface area contributed by atoms with Crippen molar-refractivity contribution in [3.05, 3.63) is 69.7 Å². The van der Waals surface area contributed by atoms with Gasteiger partial charge in [0, 0.05) is 15.6 Å². The van der Waals surface area contributed by atoms with E-state index in [9.17, 15) is 14.4 Å². The fourth-order valence-corrected chi connectivity index (χ4v) is 5.62. The average Bonchev–Trinajstić information content (AvgIpc) is 3.42. The minimum absolute atomic E-state index is 0.102. The van der Waals surface area contributed by atoms with E-state index in [1.165, 1.54) is 5.01 Å². The van der Waals surface area contributed by atoms with E-state index in [0.29, 0.717) is 15.6 Å². The highest BCUT2D eigenvalue weighted by Crippen LogP contribution is 2.56. The van der Waals surface area contributed by atoms with Crippen LogP contribution in [0.5, 0.6) is 0 Å². The molecule has 3 amide bonds. The van der Waals surface area contributed by atoms with Crippen molar-refractivity contribution in [1.29, 1.82) is 0 Å². The Balaban J connectivity index is 1.51. The normalized spacial score (nSPS) is 26.9. The van der Waals surface area contributed by atoms with Crippen LogP contribution in [0, 0.1) is 23.7 Å². The predicted molar refractivity (Wildman–Crippen MR) is 112 cm³/mol. The summed E-state index contributed by atoms with van der Waals surface area (Å²) in [6.45, 7) is 0.102. The van der Waals surface area contributed by atoms with E-state index in [2.05, 4.69) is 0 Å². The molecular formula is C23H20Cl2N2O3. The molecule has 7 heteroatoms. The van der Waals surface area contributed by atoms with E-state index in [1.54, 1.807) is 48.5 Å². The predicted octanol–water partition coefficient (Wildman–Crippen LogP) is 4.58. The molecule has 0 radical (unpaired) electrons. The van der Waals surface area contributed by atoms with E-state index in [0.717, 1.165) is 29.8 Å². The SMILES string of the molecule is O=C(c1ccc(Cl)cc1)N(Cc1ccc(Cl)cc1)N1C(=O)[C@H]2[C@H]3CC[C@@H](C3)[C@@H]2C1=O. The second kappa shape index (κ2) is 7.40. The molecule has 30 heavy (non-hydrogen) atoms. The van der Waals surface area contributed by atoms with Gasteiger partial charge in [0.1, 0.15) is 0 Å². The van der Waals surface area contributed by atoms with Gasteiger partial charge < -0.3 is 0 Å². The molecule has 154 valence electrons. The van der Waals surface area contributed by atoms with Gasteiger partial charge >= 0.3 is 0 Å². The maximum Gasteiger partial charge on any atom is 0.273 e. The first-order valence-electron chi connectivity index (χ1n) is 10.1. The van der Waals surface area contributed by atoms with Gasteiger partial charge in [0.05, 0.1) is 18.4 Å². The summed E-state index contributed by atoms with van der Waals surface area (Å²) < 4.78 is 0. The zero-order valence-electron chi connectivity index (χ0n) is 16.1. The lowest BCUT2D eigenvalue weighted by molar-refractivity contribution is -0.156. The number of fused-ring (bicyclic) bond motifs is 5. The molecular weight excluding hydrogens is 423 g/mol. The van der Waals surface area contributed by atoms with Crippen molar-refractivity contribution in [1.82, 2.24) is 10.0 Å². The molecule has 2 saturated carbocycles. The standard InChI is InChI=1S/C23H20Cl2N2O3/c24-17-7-1-13(2-8-17)12-26(21(28)14-5-9-18(25)10-6-14)27-22(29)19-15-3-4-16(11-15)20(19)23(27)30/h1-2,5-10,15-16,19-20H,3-4,11-12H2/t15-,16-,19-,20-/m0/s1. The third-order valence-electron chi connectivity index (χ3n) is 6.72. The van der Waals surface area contributed by atoms with Crippen molar-refractivity contribution < 1.29 is 14.4 Å². The van der Waals surface area contributed by atoms with Gasteiger partial charge in [-0.05, 0) is 73.1 Å². The summed E-state index contributed by atoms with van der Waals surface area (Å²) in [6.07, 6.45) is 2.92. The average molecular weight is 443 g/mol. The number of hydrogen-bond acceptors (Lipinski definition) is 3. The minimum atomic E-state index is -0.407. The van der Waals surface area contributed by atoms with Crippen LogP contribution in [0.15, 0.2) is 48.5 Å². The summed E-state index contributed by atoms with van der Waals surface area (Å²) in [5.41, 5.74) is 1.15. The molecule has 3 aliphatic rings. The summed E-state index contributed by atoms with van der Waals surface area (Å²) in [5.74, 6) is -0.963. The first kappa shape index (κ1) is 19.6. The third-order valence-corrected chi connectivity index (χ3v) is 7.22. The lowest BCUT2D eigenvalue weighted by atomic mass is 9.81. The van der Waals surface area contributed by atoms with Crippen LogP contribution < -0.4 is 0 Å². The van der Waals surface area contributed by atoms with Gasteiger partial charge in [-0.25, -0.2) is 5.01 Å². The quantitative estimate of drug-likeness (QED) is 0.650. The van der Waals surface area contributed by atoms with Gasteiger partial charge in [-0.1, -0.05) is 35.3 Å². The number of carbonyl (C=O) groups is 3. The Kier molecular flexibility index (Phi) is 4.83. The van der Waals surface area contributed by atoms with Crippen LogP contribution >= 0.6 is 23.2 Å². The van der Waals surface area contributed by atoms with E-state index < -0.39 is 5.91 Å². The van der Waals surface area contributed by atoms with Gasteiger partial charge in [-0.15, -0.1) is 0 Å². The smallest absolute Gasteiger partial charge is 0.272 e. The second-order valence-electron chi connectivity index (χ2n) is 8.37. The van der Waals surface area contributed by atoms with Gasteiger partial charge in [0.25, 0.3) is 17.7 Å². The highest BCUT2D eigenvalue weighted by atomic mass is 35.5. The zero-order valence-corrected chi connectivity index (χ0v) is 17.6.